The number of hydrogen-bond donors (Lipinski definition) is 0. The Morgan fingerprint density at radius 3 is 2.35 bits per heavy atom. The van der Waals surface area contributed by atoms with Gasteiger partial charge in [0.1, 0.15) is 0 Å². The number of nitrogens with zero attached hydrogens (tertiary/aromatic N) is 1. The van der Waals surface area contributed by atoms with Gasteiger partial charge in [-0.05, 0) is 24.6 Å². The van der Waals surface area contributed by atoms with Crippen LogP contribution in [-0.2, 0) is 4.79 Å². The molecule has 2 nitrogen and oxygen atoms in total. The third-order valence-electron chi connectivity index (χ3n) is 3.33. The van der Waals surface area contributed by atoms with Gasteiger partial charge in [0.15, 0.2) is 0 Å². The predicted octanol–water partition coefficient (Wildman–Crippen LogP) is 4.53. The zero-order chi connectivity index (χ0) is 14.1. The fourth-order valence-electron chi connectivity index (χ4n) is 2.46. The van der Waals surface area contributed by atoms with Gasteiger partial charge in [0.25, 0.3) is 0 Å². The van der Waals surface area contributed by atoms with Gasteiger partial charge in [0.05, 0.1) is 5.69 Å². The van der Waals surface area contributed by atoms with Crippen LogP contribution in [0, 0.1) is 0 Å². The van der Waals surface area contributed by atoms with Gasteiger partial charge in [0.2, 0.25) is 5.91 Å². The molecule has 2 aromatic carbocycles. The molecule has 0 unspecified atom stereocenters. The standard InChI is InChI=1S/C17H15NOS/c1-12-17(14-8-4-3-5-9-14)20-16-11-7-6-10-15(16)18(12)13(2)19/h3-11H,1-2H3. The summed E-state index contributed by atoms with van der Waals surface area (Å²) in [5, 5.41) is 0. The van der Waals surface area contributed by atoms with Gasteiger partial charge in [-0.3, -0.25) is 9.69 Å². The molecular formula is C17H15NOS. The van der Waals surface area contributed by atoms with Crippen LogP contribution in [0.4, 0.5) is 5.69 Å². The van der Waals surface area contributed by atoms with Crippen LogP contribution in [0.3, 0.4) is 0 Å². The number of fused-ring (bicyclic) bond motifs is 1. The minimum Gasteiger partial charge on any atom is -0.283 e. The summed E-state index contributed by atoms with van der Waals surface area (Å²) in [7, 11) is 0. The number of hydrogen-bond acceptors (Lipinski definition) is 2. The molecule has 0 radical (unpaired) electrons. The molecule has 0 fully saturated rings. The van der Waals surface area contributed by atoms with E-state index in [0.29, 0.717) is 0 Å². The Balaban J connectivity index is 2.17. The van der Waals surface area contributed by atoms with Crippen molar-refractivity contribution in [3.05, 3.63) is 65.9 Å². The number of anilines is 1. The van der Waals surface area contributed by atoms with E-state index in [1.54, 1.807) is 23.6 Å². The molecular weight excluding hydrogens is 266 g/mol. The lowest BCUT2D eigenvalue weighted by atomic mass is 10.1. The fraction of sp³-hybridized carbons (Fsp3) is 0.118. The maximum absolute atomic E-state index is 12.0. The quantitative estimate of drug-likeness (QED) is 0.765. The average Bonchev–Trinajstić information content (AvgIpc) is 2.47. The van der Waals surface area contributed by atoms with Crippen molar-refractivity contribution in [1.29, 1.82) is 0 Å². The summed E-state index contributed by atoms with van der Waals surface area (Å²) >= 11 is 1.73. The first kappa shape index (κ1) is 13.0. The number of benzene rings is 2. The predicted molar refractivity (Wildman–Crippen MR) is 84.5 cm³/mol. The summed E-state index contributed by atoms with van der Waals surface area (Å²) in [4.78, 5) is 16.1. The maximum atomic E-state index is 12.0. The van der Waals surface area contributed by atoms with Gasteiger partial charge < -0.3 is 0 Å². The first-order valence-electron chi connectivity index (χ1n) is 6.52. The van der Waals surface area contributed by atoms with Crippen LogP contribution in [0.1, 0.15) is 19.4 Å². The van der Waals surface area contributed by atoms with Gasteiger partial charge in [-0.15, -0.1) is 0 Å². The first-order chi connectivity index (χ1) is 9.68. The summed E-state index contributed by atoms with van der Waals surface area (Å²) < 4.78 is 0. The van der Waals surface area contributed by atoms with Crippen molar-refractivity contribution in [3.63, 3.8) is 0 Å². The lowest BCUT2D eigenvalue weighted by Gasteiger charge is -2.31. The number of carbonyl (C=O) groups excluding carboxylic acids is 1. The minimum absolute atomic E-state index is 0.0451. The molecule has 0 spiro atoms. The lowest BCUT2D eigenvalue weighted by molar-refractivity contribution is -0.116. The van der Waals surface area contributed by atoms with Crippen molar-refractivity contribution in [2.45, 2.75) is 18.7 Å². The second kappa shape index (κ2) is 5.17. The Kier molecular flexibility index (Phi) is 3.36. The Morgan fingerprint density at radius 2 is 1.65 bits per heavy atom. The second-order valence-electron chi connectivity index (χ2n) is 4.70. The zero-order valence-corrected chi connectivity index (χ0v) is 12.3. The Morgan fingerprint density at radius 1 is 1.00 bits per heavy atom. The molecule has 100 valence electrons. The van der Waals surface area contributed by atoms with Crippen molar-refractivity contribution < 1.29 is 4.79 Å². The summed E-state index contributed by atoms with van der Waals surface area (Å²) in [5.74, 6) is 0.0451. The molecule has 3 heteroatoms. The van der Waals surface area contributed by atoms with Gasteiger partial charge in [-0.25, -0.2) is 0 Å². The molecule has 0 saturated heterocycles. The van der Waals surface area contributed by atoms with Gasteiger partial charge in [-0.2, -0.15) is 0 Å². The number of carbonyl (C=O) groups is 1. The molecule has 0 aliphatic carbocycles. The number of para-hydroxylation sites is 1. The highest BCUT2D eigenvalue weighted by molar-refractivity contribution is 8.08. The number of amides is 1. The van der Waals surface area contributed by atoms with E-state index < -0.39 is 0 Å². The minimum atomic E-state index is 0.0451. The third kappa shape index (κ3) is 2.14. The molecule has 3 rings (SSSR count). The molecule has 20 heavy (non-hydrogen) atoms. The average molecular weight is 281 g/mol. The molecule has 1 aliphatic heterocycles. The number of thioether (sulfide) groups is 1. The van der Waals surface area contributed by atoms with E-state index in [2.05, 4.69) is 18.2 Å². The summed E-state index contributed by atoms with van der Waals surface area (Å²) in [6.07, 6.45) is 0. The monoisotopic (exact) mass is 281 g/mol. The van der Waals surface area contributed by atoms with Crippen molar-refractivity contribution in [2.24, 2.45) is 0 Å². The second-order valence-corrected chi connectivity index (χ2v) is 5.76. The smallest absolute Gasteiger partial charge is 0.228 e. The third-order valence-corrected chi connectivity index (χ3v) is 4.63. The topological polar surface area (TPSA) is 20.3 Å². The van der Waals surface area contributed by atoms with Crippen molar-refractivity contribution in [1.82, 2.24) is 0 Å². The van der Waals surface area contributed by atoms with Crippen LogP contribution >= 0.6 is 11.8 Å². The van der Waals surface area contributed by atoms with Crippen LogP contribution in [0.25, 0.3) is 4.91 Å². The molecule has 0 bridgehead atoms. The molecule has 0 aromatic heterocycles. The zero-order valence-electron chi connectivity index (χ0n) is 11.5. The Labute approximate surface area is 123 Å². The Hall–Kier alpha value is -2.00. The summed E-state index contributed by atoms with van der Waals surface area (Å²) in [6.45, 7) is 3.62. The van der Waals surface area contributed by atoms with E-state index >= 15 is 0 Å². The summed E-state index contributed by atoms with van der Waals surface area (Å²) in [5.41, 5.74) is 3.12. The fourth-order valence-corrected chi connectivity index (χ4v) is 3.58. The van der Waals surface area contributed by atoms with Crippen LogP contribution in [0.2, 0.25) is 0 Å². The van der Waals surface area contributed by atoms with E-state index in [4.69, 9.17) is 0 Å². The summed E-state index contributed by atoms with van der Waals surface area (Å²) in [6, 6.07) is 18.2. The molecule has 2 aromatic rings. The maximum Gasteiger partial charge on any atom is 0.228 e. The highest BCUT2D eigenvalue weighted by Crippen LogP contribution is 2.47. The van der Waals surface area contributed by atoms with E-state index in [-0.39, 0.29) is 5.91 Å². The normalized spacial score (nSPS) is 14.2. The van der Waals surface area contributed by atoms with E-state index in [9.17, 15) is 4.79 Å². The van der Waals surface area contributed by atoms with Crippen LogP contribution < -0.4 is 4.90 Å². The van der Waals surface area contributed by atoms with Crippen molar-refractivity contribution >= 4 is 28.3 Å². The van der Waals surface area contributed by atoms with Gasteiger partial charge >= 0.3 is 0 Å². The van der Waals surface area contributed by atoms with E-state index in [1.807, 2.05) is 43.3 Å². The van der Waals surface area contributed by atoms with Gasteiger partial charge in [-0.1, -0.05) is 54.2 Å². The van der Waals surface area contributed by atoms with Crippen LogP contribution in [-0.4, -0.2) is 5.91 Å². The van der Waals surface area contributed by atoms with E-state index in [0.717, 1.165) is 26.7 Å². The van der Waals surface area contributed by atoms with Gasteiger partial charge in [0, 0.05) is 22.4 Å². The molecule has 1 heterocycles. The van der Waals surface area contributed by atoms with Crippen LogP contribution in [0.5, 0.6) is 0 Å². The number of allylic oxidation sites excluding steroid dienone is 1. The molecule has 0 N–H and O–H groups in total. The highest BCUT2D eigenvalue weighted by atomic mass is 32.2. The largest absolute Gasteiger partial charge is 0.283 e. The molecule has 0 atom stereocenters. The molecule has 0 saturated carbocycles. The molecule has 1 amide bonds. The lowest BCUT2D eigenvalue weighted by Crippen LogP contribution is -2.29. The molecule has 1 aliphatic rings. The SMILES string of the molecule is CC(=O)N1C(C)=C(c2ccccc2)Sc2ccccc21. The Bertz CT molecular complexity index is 691. The van der Waals surface area contributed by atoms with Crippen LogP contribution in [0.15, 0.2) is 65.2 Å². The highest BCUT2D eigenvalue weighted by Gasteiger charge is 2.26. The number of rotatable bonds is 1. The van der Waals surface area contributed by atoms with E-state index in [1.165, 1.54) is 0 Å². The van der Waals surface area contributed by atoms with Crippen molar-refractivity contribution in [2.75, 3.05) is 4.90 Å². The van der Waals surface area contributed by atoms with Crippen molar-refractivity contribution in [3.8, 4) is 0 Å². The first-order valence-corrected chi connectivity index (χ1v) is 7.34.